The lowest BCUT2D eigenvalue weighted by atomic mass is 10.2. The van der Waals surface area contributed by atoms with E-state index in [1.807, 2.05) is 13.0 Å². The lowest BCUT2D eigenvalue weighted by molar-refractivity contribution is 0.155. The van der Waals surface area contributed by atoms with Gasteiger partial charge in [0.2, 0.25) is 10.0 Å². The maximum atomic E-state index is 12.1. The van der Waals surface area contributed by atoms with Crippen molar-refractivity contribution in [3.05, 3.63) is 29.3 Å². The Morgan fingerprint density at radius 1 is 1.39 bits per heavy atom. The number of sulfonamides is 1. The quantitative estimate of drug-likeness (QED) is 0.848. The van der Waals surface area contributed by atoms with Crippen LogP contribution in [0.3, 0.4) is 0 Å². The zero-order chi connectivity index (χ0) is 13.3. The van der Waals surface area contributed by atoms with Crippen LogP contribution in [0.2, 0.25) is 0 Å². The molecule has 1 saturated carbocycles. The summed E-state index contributed by atoms with van der Waals surface area (Å²) in [7, 11) is -3.52. The molecular weight excluding hydrogens is 250 g/mol. The number of aliphatic hydroxyl groups excluding tert-OH is 1. The minimum Gasteiger partial charge on any atom is -0.391 e. The number of aliphatic hydroxyl groups is 1. The van der Waals surface area contributed by atoms with E-state index >= 15 is 0 Å². The highest BCUT2D eigenvalue weighted by Gasteiger charge is 2.30. The van der Waals surface area contributed by atoms with E-state index in [1.54, 1.807) is 19.1 Å². The highest BCUT2D eigenvalue weighted by molar-refractivity contribution is 7.89. The van der Waals surface area contributed by atoms with Gasteiger partial charge in [0.15, 0.2) is 0 Å². The summed E-state index contributed by atoms with van der Waals surface area (Å²) >= 11 is 0. The molecule has 0 bridgehead atoms. The van der Waals surface area contributed by atoms with E-state index in [1.165, 1.54) is 0 Å². The number of hydrogen-bond acceptors (Lipinski definition) is 3. The molecule has 1 aromatic carbocycles. The Bertz CT molecular complexity index is 535. The van der Waals surface area contributed by atoms with E-state index in [0.29, 0.717) is 10.5 Å². The van der Waals surface area contributed by atoms with Crippen molar-refractivity contribution in [1.29, 1.82) is 0 Å². The van der Waals surface area contributed by atoms with Crippen molar-refractivity contribution >= 4 is 10.0 Å². The molecule has 5 heteroatoms. The zero-order valence-corrected chi connectivity index (χ0v) is 11.5. The maximum Gasteiger partial charge on any atom is 0.240 e. The first-order chi connectivity index (χ1) is 8.40. The Morgan fingerprint density at radius 3 is 2.67 bits per heavy atom. The fourth-order valence-corrected chi connectivity index (χ4v) is 3.30. The van der Waals surface area contributed by atoms with Crippen LogP contribution in [-0.2, 0) is 10.0 Å². The second-order valence-electron chi connectivity index (χ2n) is 5.03. The number of aryl methyl sites for hydroxylation is 2. The second kappa shape index (κ2) is 4.99. The van der Waals surface area contributed by atoms with E-state index < -0.39 is 16.1 Å². The summed E-state index contributed by atoms with van der Waals surface area (Å²) in [6.07, 6.45) is 1.42. The smallest absolute Gasteiger partial charge is 0.240 e. The molecule has 2 N–H and O–H groups in total. The van der Waals surface area contributed by atoms with Gasteiger partial charge in [0.1, 0.15) is 0 Å². The summed E-state index contributed by atoms with van der Waals surface area (Å²) in [6.45, 7) is 3.73. The van der Waals surface area contributed by atoms with Crippen LogP contribution in [0.4, 0.5) is 0 Å². The Hall–Kier alpha value is -0.910. The third kappa shape index (κ3) is 3.10. The normalized spacial score (nSPS) is 17.7. The Kier molecular flexibility index (Phi) is 3.75. The molecule has 18 heavy (non-hydrogen) atoms. The van der Waals surface area contributed by atoms with Gasteiger partial charge in [-0.3, -0.25) is 0 Å². The molecule has 1 unspecified atom stereocenters. The molecule has 1 atom stereocenters. The van der Waals surface area contributed by atoms with Crippen molar-refractivity contribution in [2.45, 2.75) is 37.7 Å². The molecule has 0 saturated heterocycles. The van der Waals surface area contributed by atoms with Gasteiger partial charge >= 0.3 is 0 Å². The average molecular weight is 269 g/mol. The molecule has 1 aromatic rings. The van der Waals surface area contributed by atoms with Crippen molar-refractivity contribution in [3.8, 4) is 0 Å². The van der Waals surface area contributed by atoms with E-state index in [9.17, 15) is 13.5 Å². The third-order valence-electron chi connectivity index (χ3n) is 3.28. The lowest BCUT2D eigenvalue weighted by Gasteiger charge is -2.13. The second-order valence-corrected chi connectivity index (χ2v) is 6.76. The van der Waals surface area contributed by atoms with Gasteiger partial charge in [-0.05, 0) is 49.8 Å². The Morgan fingerprint density at radius 2 is 2.06 bits per heavy atom. The predicted octanol–water partition coefficient (Wildman–Crippen LogP) is 1.35. The van der Waals surface area contributed by atoms with Crippen LogP contribution in [0, 0.1) is 19.8 Å². The van der Waals surface area contributed by atoms with Gasteiger partial charge in [0.05, 0.1) is 11.0 Å². The van der Waals surface area contributed by atoms with Crippen LogP contribution in [0.1, 0.15) is 24.0 Å². The maximum absolute atomic E-state index is 12.1. The van der Waals surface area contributed by atoms with Gasteiger partial charge in [-0.2, -0.15) is 0 Å². The summed E-state index contributed by atoms with van der Waals surface area (Å²) in [4.78, 5) is 0.297. The average Bonchev–Trinajstić information content (AvgIpc) is 3.13. The SMILES string of the molecule is Cc1ccc(C)c(S(=O)(=O)NCC(O)C2CC2)c1. The molecule has 0 spiro atoms. The van der Waals surface area contributed by atoms with E-state index in [2.05, 4.69) is 4.72 Å². The van der Waals surface area contributed by atoms with Crippen LogP contribution < -0.4 is 4.72 Å². The first kappa shape index (κ1) is 13.5. The Balaban J connectivity index is 2.11. The van der Waals surface area contributed by atoms with E-state index in [0.717, 1.165) is 18.4 Å². The predicted molar refractivity (Wildman–Crippen MR) is 69.8 cm³/mol. The Labute approximate surface area is 108 Å². The molecule has 100 valence electrons. The van der Waals surface area contributed by atoms with Crippen LogP contribution in [0.25, 0.3) is 0 Å². The van der Waals surface area contributed by atoms with Gasteiger partial charge in [0, 0.05) is 6.54 Å². The molecule has 4 nitrogen and oxygen atoms in total. The largest absolute Gasteiger partial charge is 0.391 e. The summed E-state index contributed by atoms with van der Waals surface area (Å²) < 4.78 is 26.7. The molecule has 0 aliphatic heterocycles. The number of rotatable bonds is 5. The molecule has 0 heterocycles. The van der Waals surface area contributed by atoms with Crippen LogP contribution in [0.15, 0.2) is 23.1 Å². The van der Waals surface area contributed by atoms with Gasteiger partial charge in [-0.15, -0.1) is 0 Å². The first-order valence-electron chi connectivity index (χ1n) is 6.15. The fourth-order valence-electron chi connectivity index (χ4n) is 1.92. The summed E-state index contributed by atoms with van der Waals surface area (Å²) in [6, 6.07) is 5.33. The van der Waals surface area contributed by atoms with Gasteiger partial charge in [-0.1, -0.05) is 12.1 Å². The third-order valence-corrected chi connectivity index (χ3v) is 4.85. The summed E-state index contributed by atoms with van der Waals surface area (Å²) in [5.74, 6) is 0.270. The lowest BCUT2D eigenvalue weighted by Crippen LogP contribution is -2.33. The van der Waals surface area contributed by atoms with Gasteiger partial charge < -0.3 is 5.11 Å². The molecular formula is C13H19NO3S. The van der Waals surface area contributed by atoms with Crippen molar-refractivity contribution in [2.75, 3.05) is 6.54 Å². The summed E-state index contributed by atoms with van der Waals surface area (Å²) in [5.41, 5.74) is 1.62. The number of nitrogens with one attached hydrogen (secondary N) is 1. The van der Waals surface area contributed by atoms with Crippen LogP contribution in [-0.4, -0.2) is 26.2 Å². The molecule has 1 aliphatic carbocycles. The summed E-state index contributed by atoms with van der Waals surface area (Å²) in [5, 5.41) is 9.70. The minimum absolute atomic E-state index is 0.0976. The zero-order valence-electron chi connectivity index (χ0n) is 10.7. The fraction of sp³-hybridized carbons (Fsp3) is 0.538. The highest BCUT2D eigenvalue weighted by atomic mass is 32.2. The topological polar surface area (TPSA) is 66.4 Å². The monoisotopic (exact) mass is 269 g/mol. The van der Waals surface area contributed by atoms with Gasteiger partial charge in [0.25, 0.3) is 0 Å². The van der Waals surface area contributed by atoms with Crippen molar-refractivity contribution in [2.24, 2.45) is 5.92 Å². The number of hydrogen-bond donors (Lipinski definition) is 2. The van der Waals surface area contributed by atoms with Gasteiger partial charge in [-0.25, -0.2) is 13.1 Å². The molecule has 0 radical (unpaired) electrons. The molecule has 1 aliphatic rings. The molecule has 1 fully saturated rings. The first-order valence-corrected chi connectivity index (χ1v) is 7.63. The van der Waals surface area contributed by atoms with Crippen LogP contribution in [0.5, 0.6) is 0 Å². The van der Waals surface area contributed by atoms with Crippen LogP contribution >= 0.6 is 0 Å². The minimum atomic E-state index is -3.52. The van der Waals surface area contributed by atoms with Crippen molar-refractivity contribution in [1.82, 2.24) is 4.72 Å². The van der Waals surface area contributed by atoms with Crippen molar-refractivity contribution in [3.63, 3.8) is 0 Å². The molecule has 2 rings (SSSR count). The highest BCUT2D eigenvalue weighted by Crippen LogP contribution is 2.32. The van der Waals surface area contributed by atoms with E-state index in [-0.39, 0.29) is 12.5 Å². The molecule has 0 amide bonds. The van der Waals surface area contributed by atoms with Crippen molar-refractivity contribution < 1.29 is 13.5 Å². The number of benzene rings is 1. The van der Waals surface area contributed by atoms with E-state index in [4.69, 9.17) is 0 Å². The standard InChI is InChI=1S/C13H19NO3S/c1-9-3-4-10(2)13(7-9)18(16,17)14-8-12(15)11-5-6-11/h3-4,7,11-12,14-15H,5-6,8H2,1-2H3. The molecule has 0 aromatic heterocycles.